The van der Waals surface area contributed by atoms with E-state index >= 15 is 0 Å². The smallest absolute Gasteiger partial charge is 0.137 e. The van der Waals surface area contributed by atoms with Crippen LogP contribution < -0.4 is 5.32 Å². The van der Waals surface area contributed by atoms with Crippen LogP contribution in [-0.4, -0.2) is 40.5 Å². The Kier molecular flexibility index (Phi) is 4.32. The monoisotopic (exact) mass is 334 g/mol. The third kappa shape index (κ3) is 3.08. The molecule has 0 spiro atoms. The van der Waals surface area contributed by atoms with E-state index in [0.29, 0.717) is 0 Å². The third-order valence-electron chi connectivity index (χ3n) is 5.30. The van der Waals surface area contributed by atoms with Gasteiger partial charge in [-0.2, -0.15) is 0 Å². The second-order valence-electron chi connectivity index (χ2n) is 7.09. The van der Waals surface area contributed by atoms with Gasteiger partial charge in [0.2, 0.25) is 0 Å². The summed E-state index contributed by atoms with van der Waals surface area (Å²) >= 11 is 0. The van der Waals surface area contributed by atoms with Crippen molar-refractivity contribution in [1.82, 2.24) is 19.6 Å². The molecule has 3 heterocycles. The molecule has 0 amide bonds. The lowest BCUT2D eigenvalue weighted by atomic mass is 10.0. The highest BCUT2D eigenvalue weighted by molar-refractivity contribution is 5.68. The lowest BCUT2D eigenvalue weighted by Gasteiger charge is -2.27. The van der Waals surface area contributed by atoms with E-state index in [1.165, 1.54) is 28.1 Å². The number of imidazole rings is 1. The zero-order chi connectivity index (χ0) is 17.4. The Morgan fingerprint density at radius 1 is 1.00 bits per heavy atom. The van der Waals surface area contributed by atoms with E-state index in [9.17, 15) is 0 Å². The van der Waals surface area contributed by atoms with Gasteiger partial charge in [0.25, 0.3) is 0 Å². The number of aromatic nitrogens is 2. The minimum atomic E-state index is 0.940. The van der Waals surface area contributed by atoms with Crippen LogP contribution in [0.4, 0.5) is 0 Å². The average molecular weight is 334 g/mol. The SMILES string of the molecule is Cc1ccc(-c2nc3cccc(C)n3c2CN2CCNCC2)cc1C. The van der Waals surface area contributed by atoms with E-state index in [2.05, 4.69) is 71.8 Å². The van der Waals surface area contributed by atoms with Crippen LogP contribution >= 0.6 is 0 Å². The van der Waals surface area contributed by atoms with Crippen molar-refractivity contribution in [1.29, 1.82) is 0 Å². The lowest BCUT2D eigenvalue weighted by Crippen LogP contribution is -2.43. The van der Waals surface area contributed by atoms with Crippen molar-refractivity contribution < 1.29 is 0 Å². The van der Waals surface area contributed by atoms with Gasteiger partial charge in [-0.15, -0.1) is 0 Å². The number of hydrogen-bond acceptors (Lipinski definition) is 3. The van der Waals surface area contributed by atoms with E-state index in [1.54, 1.807) is 0 Å². The molecule has 4 nitrogen and oxygen atoms in total. The Balaban J connectivity index is 1.85. The van der Waals surface area contributed by atoms with Gasteiger partial charge in [0.05, 0.1) is 11.4 Å². The molecule has 2 aromatic heterocycles. The Morgan fingerprint density at radius 3 is 2.56 bits per heavy atom. The van der Waals surface area contributed by atoms with E-state index in [0.717, 1.165) is 44.1 Å². The standard InChI is InChI=1S/C21H26N4/c1-15-7-8-18(13-16(15)2)21-19(14-24-11-9-22-10-12-24)25-17(3)5-4-6-20(25)23-21/h4-8,13,22H,9-12,14H2,1-3H3. The third-order valence-corrected chi connectivity index (χ3v) is 5.30. The van der Waals surface area contributed by atoms with Crippen LogP contribution in [-0.2, 0) is 6.54 Å². The van der Waals surface area contributed by atoms with E-state index < -0.39 is 0 Å². The highest BCUT2D eigenvalue weighted by atomic mass is 15.2. The molecule has 0 atom stereocenters. The predicted molar refractivity (Wildman–Crippen MR) is 103 cm³/mol. The highest BCUT2D eigenvalue weighted by Gasteiger charge is 2.19. The summed E-state index contributed by atoms with van der Waals surface area (Å²) in [5, 5.41) is 3.44. The summed E-state index contributed by atoms with van der Waals surface area (Å²) in [6.07, 6.45) is 0. The van der Waals surface area contributed by atoms with Crippen LogP contribution in [0.25, 0.3) is 16.9 Å². The fraction of sp³-hybridized carbons (Fsp3) is 0.381. The van der Waals surface area contributed by atoms with Crippen LogP contribution in [0.15, 0.2) is 36.4 Å². The largest absolute Gasteiger partial charge is 0.314 e. The topological polar surface area (TPSA) is 32.6 Å². The first-order valence-corrected chi connectivity index (χ1v) is 9.11. The number of nitrogens with zero attached hydrogens (tertiary/aromatic N) is 3. The fourth-order valence-corrected chi connectivity index (χ4v) is 3.67. The molecule has 1 N–H and O–H groups in total. The molecular formula is C21H26N4. The molecule has 1 aliphatic heterocycles. The van der Waals surface area contributed by atoms with Gasteiger partial charge in [0.15, 0.2) is 0 Å². The van der Waals surface area contributed by atoms with Crippen molar-refractivity contribution in [3.8, 4) is 11.3 Å². The van der Waals surface area contributed by atoms with Crippen molar-refractivity contribution in [3.05, 3.63) is 58.9 Å². The molecule has 25 heavy (non-hydrogen) atoms. The molecule has 1 aliphatic rings. The molecule has 4 heteroatoms. The van der Waals surface area contributed by atoms with Crippen LogP contribution in [0.3, 0.4) is 0 Å². The highest BCUT2D eigenvalue weighted by Crippen LogP contribution is 2.28. The van der Waals surface area contributed by atoms with Crippen molar-refractivity contribution >= 4 is 5.65 Å². The van der Waals surface area contributed by atoms with Gasteiger partial charge >= 0.3 is 0 Å². The summed E-state index contributed by atoms with van der Waals surface area (Å²) in [5.41, 5.74) is 8.57. The number of nitrogens with one attached hydrogen (secondary N) is 1. The van der Waals surface area contributed by atoms with Crippen LogP contribution in [0.2, 0.25) is 0 Å². The molecule has 1 saturated heterocycles. The van der Waals surface area contributed by atoms with Crippen molar-refractivity contribution in [2.45, 2.75) is 27.3 Å². The molecule has 130 valence electrons. The van der Waals surface area contributed by atoms with Gasteiger partial charge in [-0.05, 0) is 50.1 Å². The zero-order valence-electron chi connectivity index (χ0n) is 15.3. The Labute approximate surface area is 149 Å². The van der Waals surface area contributed by atoms with Gasteiger partial charge in [-0.1, -0.05) is 18.2 Å². The van der Waals surface area contributed by atoms with Gasteiger partial charge in [-0.25, -0.2) is 4.98 Å². The maximum absolute atomic E-state index is 5.00. The Hall–Kier alpha value is -2.17. The van der Waals surface area contributed by atoms with E-state index in [1.807, 2.05) is 0 Å². The van der Waals surface area contributed by atoms with Gasteiger partial charge in [0.1, 0.15) is 5.65 Å². The number of rotatable bonds is 3. The quantitative estimate of drug-likeness (QED) is 0.797. The van der Waals surface area contributed by atoms with Crippen molar-refractivity contribution in [3.63, 3.8) is 0 Å². The molecule has 0 bridgehead atoms. The summed E-state index contributed by atoms with van der Waals surface area (Å²) in [6.45, 7) is 11.8. The molecule has 0 saturated carbocycles. The first-order valence-electron chi connectivity index (χ1n) is 9.11. The summed E-state index contributed by atoms with van der Waals surface area (Å²) in [7, 11) is 0. The molecule has 0 unspecified atom stereocenters. The van der Waals surface area contributed by atoms with E-state index in [4.69, 9.17) is 4.98 Å². The van der Waals surface area contributed by atoms with Crippen molar-refractivity contribution in [2.24, 2.45) is 0 Å². The molecule has 0 aliphatic carbocycles. The second kappa shape index (κ2) is 6.62. The molecular weight excluding hydrogens is 308 g/mol. The Bertz CT molecular complexity index is 904. The molecule has 3 aromatic rings. The first-order chi connectivity index (χ1) is 12.1. The number of hydrogen-bond donors (Lipinski definition) is 1. The minimum absolute atomic E-state index is 0.940. The summed E-state index contributed by atoms with van der Waals surface area (Å²) < 4.78 is 2.33. The molecule has 1 fully saturated rings. The second-order valence-corrected chi connectivity index (χ2v) is 7.09. The summed E-state index contributed by atoms with van der Waals surface area (Å²) in [6, 6.07) is 13.1. The molecule has 0 radical (unpaired) electrons. The number of fused-ring (bicyclic) bond motifs is 1. The van der Waals surface area contributed by atoms with Gasteiger partial charge in [-0.3, -0.25) is 9.30 Å². The first kappa shape index (κ1) is 16.3. The summed E-state index contributed by atoms with van der Waals surface area (Å²) in [5.74, 6) is 0. The van der Waals surface area contributed by atoms with Crippen LogP contribution in [0.5, 0.6) is 0 Å². The normalized spacial score (nSPS) is 15.8. The lowest BCUT2D eigenvalue weighted by molar-refractivity contribution is 0.230. The average Bonchev–Trinajstić information content (AvgIpc) is 2.98. The van der Waals surface area contributed by atoms with E-state index in [-0.39, 0.29) is 0 Å². The minimum Gasteiger partial charge on any atom is -0.314 e. The maximum Gasteiger partial charge on any atom is 0.137 e. The number of piperazine rings is 1. The summed E-state index contributed by atoms with van der Waals surface area (Å²) in [4.78, 5) is 7.53. The number of benzene rings is 1. The van der Waals surface area contributed by atoms with Gasteiger partial charge < -0.3 is 5.32 Å². The van der Waals surface area contributed by atoms with Crippen LogP contribution in [0, 0.1) is 20.8 Å². The van der Waals surface area contributed by atoms with Gasteiger partial charge in [0, 0.05) is 44.0 Å². The number of aryl methyl sites for hydroxylation is 3. The molecule has 4 rings (SSSR count). The predicted octanol–water partition coefficient (Wildman–Crippen LogP) is 3.33. The number of pyridine rings is 1. The van der Waals surface area contributed by atoms with Crippen molar-refractivity contribution in [2.75, 3.05) is 26.2 Å². The van der Waals surface area contributed by atoms with Crippen LogP contribution in [0.1, 0.15) is 22.5 Å². The molecule has 1 aromatic carbocycles. The fourth-order valence-electron chi connectivity index (χ4n) is 3.67. The Morgan fingerprint density at radius 2 is 1.80 bits per heavy atom. The maximum atomic E-state index is 5.00. The zero-order valence-corrected chi connectivity index (χ0v) is 15.3.